The van der Waals surface area contributed by atoms with Crippen LogP contribution in [-0.4, -0.2) is 47.4 Å². The summed E-state index contributed by atoms with van der Waals surface area (Å²) in [7, 11) is 1.34. The monoisotopic (exact) mass is 471 g/mol. The van der Waals surface area contributed by atoms with E-state index in [4.69, 9.17) is 14.0 Å². The number of hydrogen-bond acceptors (Lipinski definition) is 8. The van der Waals surface area contributed by atoms with Gasteiger partial charge in [0.15, 0.2) is 11.6 Å². The molecule has 0 unspecified atom stereocenters. The van der Waals surface area contributed by atoms with Gasteiger partial charge in [0.25, 0.3) is 0 Å². The van der Waals surface area contributed by atoms with Crippen LogP contribution in [0.1, 0.15) is 16.2 Å². The molecule has 0 aliphatic carbocycles. The first-order valence-corrected chi connectivity index (χ1v) is 10.8. The van der Waals surface area contributed by atoms with Gasteiger partial charge in [0.1, 0.15) is 6.61 Å². The molecular weight excluding hydrogens is 450 g/mol. The second-order valence-electron chi connectivity index (χ2n) is 7.74. The van der Waals surface area contributed by atoms with Crippen molar-refractivity contribution in [2.45, 2.75) is 6.92 Å². The maximum Gasteiger partial charge on any atom is 0.337 e. The van der Waals surface area contributed by atoms with Gasteiger partial charge in [-0.05, 0) is 36.4 Å². The molecule has 0 bridgehead atoms. The zero-order chi connectivity index (χ0) is 24.4. The van der Waals surface area contributed by atoms with Crippen LogP contribution in [0.3, 0.4) is 0 Å². The van der Waals surface area contributed by atoms with Crippen LogP contribution in [0.15, 0.2) is 65.2 Å². The van der Waals surface area contributed by atoms with E-state index in [-0.39, 0.29) is 6.03 Å². The van der Waals surface area contributed by atoms with Crippen LogP contribution in [0.25, 0.3) is 22.6 Å². The molecular formula is C25H21N5O5. The molecule has 2 amide bonds. The fourth-order valence-electron chi connectivity index (χ4n) is 3.69. The molecule has 4 aromatic rings. The number of rotatable bonds is 4. The van der Waals surface area contributed by atoms with E-state index < -0.39 is 5.97 Å². The van der Waals surface area contributed by atoms with Gasteiger partial charge in [-0.3, -0.25) is 4.90 Å². The summed E-state index contributed by atoms with van der Waals surface area (Å²) in [6.07, 6.45) is 0. The molecule has 3 heterocycles. The van der Waals surface area contributed by atoms with Crippen LogP contribution in [-0.2, 0) is 4.74 Å². The second-order valence-corrected chi connectivity index (χ2v) is 7.74. The van der Waals surface area contributed by atoms with Gasteiger partial charge in [-0.1, -0.05) is 29.4 Å². The van der Waals surface area contributed by atoms with Gasteiger partial charge in [0, 0.05) is 23.7 Å². The Kier molecular flexibility index (Phi) is 5.84. The fourth-order valence-corrected chi connectivity index (χ4v) is 3.69. The van der Waals surface area contributed by atoms with E-state index >= 15 is 0 Å². The lowest BCUT2D eigenvalue weighted by Gasteiger charge is -2.29. The van der Waals surface area contributed by atoms with E-state index in [0.717, 1.165) is 11.1 Å². The van der Waals surface area contributed by atoms with E-state index in [1.54, 1.807) is 55.5 Å². The maximum absolute atomic E-state index is 13.2. The molecule has 2 aromatic carbocycles. The van der Waals surface area contributed by atoms with Gasteiger partial charge < -0.3 is 19.3 Å². The summed E-state index contributed by atoms with van der Waals surface area (Å²) in [4.78, 5) is 35.4. The summed E-state index contributed by atoms with van der Waals surface area (Å²) in [6.45, 7) is 2.39. The molecule has 0 saturated heterocycles. The molecule has 10 nitrogen and oxygen atoms in total. The molecule has 1 N–H and O–H groups in total. The zero-order valence-corrected chi connectivity index (χ0v) is 19.0. The van der Waals surface area contributed by atoms with E-state index in [0.29, 0.717) is 53.4 Å². The Morgan fingerprint density at radius 1 is 1.03 bits per heavy atom. The van der Waals surface area contributed by atoms with Crippen molar-refractivity contribution in [1.82, 2.24) is 15.1 Å². The highest BCUT2D eigenvalue weighted by molar-refractivity contribution is 6.02. The van der Waals surface area contributed by atoms with Crippen molar-refractivity contribution < 1.29 is 23.6 Å². The van der Waals surface area contributed by atoms with Gasteiger partial charge in [0.2, 0.25) is 11.7 Å². The lowest BCUT2D eigenvalue weighted by molar-refractivity contribution is 0.0600. The Bertz CT molecular complexity index is 1400. The third-order valence-electron chi connectivity index (χ3n) is 5.41. The van der Waals surface area contributed by atoms with Gasteiger partial charge in [-0.2, -0.15) is 4.98 Å². The summed E-state index contributed by atoms with van der Waals surface area (Å²) in [5.74, 6) is 1.41. The Morgan fingerprint density at radius 2 is 1.86 bits per heavy atom. The number of nitrogens with one attached hydrogen (secondary N) is 1. The number of aromatic nitrogens is 3. The standard InChI is InChI=1S/C25H21N5O5/c1-15-26-22(29-35-15)18-4-3-5-19(14-18)27-25(32)30-12-13-34-21-11-10-20(28-23(21)30)16-6-8-17(9-7-16)24(31)33-2/h3-11,14H,12-13H2,1-2H3,(H,27,32). The number of fused-ring (bicyclic) bond motifs is 1. The molecule has 10 heteroatoms. The maximum atomic E-state index is 13.2. The number of carbonyl (C=O) groups excluding carboxylic acids is 2. The lowest BCUT2D eigenvalue weighted by atomic mass is 10.1. The van der Waals surface area contributed by atoms with Crippen molar-refractivity contribution in [3.8, 4) is 28.4 Å². The van der Waals surface area contributed by atoms with Crippen LogP contribution in [0.4, 0.5) is 16.3 Å². The van der Waals surface area contributed by atoms with E-state index in [2.05, 4.69) is 20.4 Å². The third-order valence-corrected chi connectivity index (χ3v) is 5.41. The number of carbonyl (C=O) groups is 2. The predicted molar refractivity (Wildman–Crippen MR) is 127 cm³/mol. The highest BCUT2D eigenvalue weighted by Gasteiger charge is 2.26. The highest BCUT2D eigenvalue weighted by Crippen LogP contribution is 2.33. The topological polar surface area (TPSA) is 120 Å². The number of methoxy groups -OCH3 is 1. The van der Waals surface area contributed by atoms with E-state index in [9.17, 15) is 9.59 Å². The van der Waals surface area contributed by atoms with Crippen LogP contribution in [0.5, 0.6) is 5.75 Å². The number of ether oxygens (including phenoxy) is 2. The van der Waals surface area contributed by atoms with Gasteiger partial charge in [-0.25, -0.2) is 14.6 Å². The van der Waals surface area contributed by atoms with Gasteiger partial charge in [0.05, 0.1) is 24.9 Å². The number of benzene rings is 2. The summed E-state index contributed by atoms with van der Waals surface area (Å²) in [6, 6.07) is 17.3. The lowest BCUT2D eigenvalue weighted by Crippen LogP contribution is -2.41. The number of pyridine rings is 1. The molecule has 0 spiro atoms. The van der Waals surface area contributed by atoms with Gasteiger partial charge >= 0.3 is 12.0 Å². The zero-order valence-electron chi connectivity index (χ0n) is 19.0. The van der Waals surface area contributed by atoms with E-state index in [1.165, 1.54) is 12.0 Å². The van der Waals surface area contributed by atoms with E-state index in [1.807, 2.05) is 12.1 Å². The summed E-state index contributed by atoms with van der Waals surface area (Å²) < 4.78 is 15.5. The number of esters is 1. The molecule has 0 atom stereocenters. The van der Waals surface area contributed by atoms with Crippen molar-refractivity contribution in [2.24, 2.45) is 0 Å². The molecule has 0 fully saturated rings. The average Bonchev–Trinajstić information content (AvgIpc) is 3.34. The molecule has 0 saturated carbocycles. The number of hydrogen-bond donors (Lipinski definition) is 1. The number of nitrogens with zero attached hydrogens (tertiary/aromatic N) is 4. The smallest absolute Gasteiger partial charge is 0.337 e. The Morgan fingerprint density at radius 3 is 2.60 bits per heavy atom. The van der Waals surface area contributed by atoms with Crippen LogP contribution in [0, 0.1) is 6.92 Å². The number of aryl methyl sites for hydroxylation is 1. The minimum atomic E-state index is -0.412. The first kappa shape index (κ1) is 22.1. The normalized spacial score (nSPS) is 12.5. The molecule has 0 radical (unpaired) electrons. The van der Waals surface area contributed by atoms with Crippen molar-refractivity contribution in [3.05, 3.63) is 72.1 Å². The molecule has 176 valence electrons. The number of anilines is 2. The minimum Gasteiger partial charge on any atom is -0.488 e. The summed E-state index contributed by atoms with van der Waals surface area (Å²) in [5.41, 5.74) is 3.17. The average molecular weight is 471 g/mol. The molecule has 35 heavy (non-hydrogen) atoms. The van der Waals surface area contributed by atoms with Crippen LogP contribution < -0.4 is 15.0 Å². The SMILES string of the molecule is COC(=O)c1ccc(-c2ccc3c(n2)N(C(=O)Nc2cccc(-c4noc(C)n4)c2)CCO3)cc1. The fraction of sp³-hybridized carbons (Fsp3) is 0.160. The quantitative estimate of drug-likeness (QED) is 0.437. The van der Waals surface area contributed by atoms with Crippen molar-refractivity contribution in [3.63, 3.8) is 0 Å². The van der Waals surface area contributed by atoms with Crippen LogP contribution >= 0.6 is 0 Å². The Labute approximate surface area is 200 Å². The van der Waals surface area contributed by atoms with Crippen molar-refractivity contribution in [1.29, 1.82) is 0 Å². The van der Waals surface area contributed by atoms with Crippen molar-refractivity contribution >= 4 is 23.5 Å². The van der Waals surface area contributed by atoms with Gasteiger partial charge in [-0.15, -0.1) is 0 Å². The number of urea groups is 1. The highest BCUT2D eigenvalue weighted by atomic mass is 16.5. The summed E-state index contributed by atoms with van der Waals surface area (Å²) in [5, 5.41) is 6.83. The first-order valence-electron chi connectivity index (χ1n) is 10.8. The third kappa shape index (κ3) is 4.54. The second kappa shape index (κ2) is 9.26. The largest absolute Gasteiger partial charge is 0.488 e. The predicted octanol–water partition coefficient (Wildman–Crippen LogP) is 4.32. The minimum absolute atomic E-state index is 0.334. The van der Waals surface area contributed by atoms with Crippen LogP contribution in [0.2, 0.25) is 0 Å². The molecule has 1 aliphatic heterocycles. The molecule has 1 aliphatic rings. The summed E-state index contributed by atoms with van der Waals surface area (Å²) >= 11 is 0. The van der Waals surface area contributed by atoms with Crippen molar-refractivity contribution in [2.75, 3.05) is 30.5 Å². The Hall–Kier alpha value is -4.73. The number of amides is 2. The first-order chi connectivity index (χ1) is 17.0. The molecule has 5 rings (SSSR count). The molecule has 2 aromatic heterocycles. The Balaban J connectivity index is 1.39.